The molecule has 1 aliphatic heterocycles. The van der Waals surface area contributed by atoms with Crippen molar-refractivity contribution in [2.45, 2.75) is 26.0 Å². The minimum absolute atomic E-state index is 0.0710. The van der Waals surface area contributed by atoms with Gasteiger partial charge in [-0.3, -0.25) is 0 Å². The Labute approximate surface area is 125 Å². The fourth-order valence-electron chi connectivity index (χ4n) is 2.64. The summed E-state index contributed by atoms with van der Waals surface area (Å²) in [4.78, 5) is 6.89. The first kappa shape index (κ1) is 13.9. The van der Waals surface area contributed by atoms with Crippen LogP contribution in [0, 0.1) is 0 Å². The van der Waals surface area contributed by atoms with Gasteiger partial charge in [0.25, 0.3) is 0 Å². The van der Waals surface area contributed by atoms with E-state index in [4.69, 9.17) is 5.11 Å². The van der Waals surface area contributed by atoms with Crippen LogP contribution in [0.3, 0.4) is 0 Å². The van der Waals surface area contributed by atoms with Gasteiger partial charge >= 0.3 is 0 Å². The number of aromatic nitrogens is 1. The van der Waals surface area contributed by atoms with Crippen molar-refractivity contribution >= 4 is 11.5 Å². The molecular weight excluding hydrogens is 262 g/mol. The number of nitrogens with zero attached hydrogens (tertiary/aromatic N) is 2. The molecule has 4 nitrogen and oxygen atoms in total. The van der Waals surface area contributed by atoms with Gasteiger partial charge in [-0.1, -0.05) is 18.2 Å². The van der Waals surface area contributed by atoms with Crippen LogP contribution in [0.4, 0.5) is 11.5 Å². The van der Waals surface area contributed by atoms with Crippen LogP contribution in [0.5, 0.6) is 0 Å². The molecule has 110 valence electrons. The van der Waals surface area contributed by atoms with Crippen molar-refractivity contribution in [3.05, 3.63) is 53.7 Å². The topological polar surface area (TPSA) is 48.4 Å². The lowest BCUT2D eigenvalue weighted by Crippen LogP contribution is -2.18. The van der Waals surface area contributed by atoms with E-state index < -0.39 is 0 Å². The number of hydrogen-bond donors (Lipinski definition) is 2. The molecule has 0 bridgehead atoms. The van der Waals surface area contributed by atoms with Gasteiger partial charge in [0.2, 0.25) is 0 Å². The summed E-state index contributed by atoms with van der Waals surface area (Å²) in [5.41, 5.74) is 3.10. The molecule has 2 N–H and O–H groups in total. The summed E-state index contributed by atoms with van der Waals surface area (Å²) in [5.74, 6) is 1.08. The minimum Gasteiger partial charge on any atom is -0.392 e. The number of aliphatic hydroxyl groups is 1. The van der Waals surface area contributed by atoms with Crippen LogP contribution >= 0.6 is 0 Å². The smallest absolute Gasteiger partial charge is 0.128 e. The zero-order valence-corrected chi connectivity index (χ0v) is 12.1. The second kappa shape index (κ2) is 6.59. The average molecular weight is 283 g/mol. The van der Waals surface area contributed by atoms with Crippen LogP contribution in [-0.4, -0.2) is 23.2 Å². The number of hydrogen-bond acceptors (Lipinski definition) is 4. The Balaban J connectivity index is 1.59. The molecule has 0 saturated carbocycles. The van der Waals surface area contributed by atoms with Crippen LogP contribution in [0.2, 0.25) is 0 Å². The van der Waals surface area contributed by atoms with E-state index in [-0.39, 0.29) is 6.61 Å². The Morgan fingerprint density at radius 2 is 1.95 bits per heavy atom. The lowest BCUT2D eigenvalue weighted by molar-refractivity contribution is 0.282. The van der Waals surface area contributed by atoms with Gasteiger partial charge in [-0.15, -0.1) is 0 Å². The third-order valence-electron chi connectivity index (χ3n) is 3.85. The zero-order valence-electron chi connectivity index (χ0n) is 12.1. The van der Waals surface area contributed by atoms with Gasteiger partial charge in [-0.25, -0.2) is 4.98 Å². The van der Waals surface area contributed by atoms with Gasteiger partial charge in [0, 0.05) is 31.5 Å². The van der Waals surface area contributed by atoms with Crippen LogP contribution in [0.1, 0.15) is 24.0 Å². The summed E-state index contributed by atoms with van der Waals surface area (Å²) in [6, 6.07) is 12.1. The Kier molecular flexibility index (Phi) is 4.36. The molecule has 0 amide bonds. The van der Waals surface area contributed by atoms with E-state index in [1.54, 1.807) is 0 Å². The van der Waals surface area contributed by atoms with Crippen molar-refractivity contribution < 1.29 is 5.11 Å². The van der Waals surface area contributed by atoms with E-state index in [0.717, 1.165) is 42.3 Å². The first-order valence-electron chi connectivity index (χ1n) is 7.49. The molecular formula is C17H21N3O. The highest BCUT2D eigenvalue weighted by atomic mass is 16.3. The number of rotatable bonds is 5. The number of aliphatic hydroxyl groups excluding tert-OH is 1. The monoisotopic (exact) mass is 283 g/mol. The van der Waals surface area contributed by atoms with Gasteiger partial charge in [0.15, 0.2) is 0 Å². The van der Waals surface area contributed by atoms with Gasteiger partial charge in [0.05, 0.1) is 6.61 Å². The Bertz CT molecular complexity index is 577. The molecule has 0 aliphatic carbocycles. The van der Waals surface area contributed by atoms with Crippen LogP contribution < -0.4 is 10.2 Å². The Morgan fingerprint density at radius 3 is 2.67 bits per heavy atom. The number of anilines is 2. The van der Waals surface area contributed by atoms with Crippen molar-refractivity contribution in [3.8, 4) is 0 Å². The fraction of sp³-hybridized carbons (Fsp3) is 0.353. The van der Waals surface area contributed by atoms with Crippen molar-refractivity contribution in [1.82, 2.24) is 4.98 Å². The van der Waals surface area contributed by atoms with E-state index in [2.05, 4.69) is 27.3 Å². The van der Waals surface area contributed by atoms with Crippen LogP contribution in [0.25, 0.3) is 0 Å². The van der Waals surface area contributed by atoms with E-state index in [1.807, 2.05) is 30.5 Å². The summed E-state index contributed by atoms with van der Waals surface area (Å²) < 4.78 is 0. The molecule has 4 heteroatoms. The van der Waals surface area contributed by atoms with Crippen molar-refractivity contribution in [1.29, 1.82) is 0 Å². The van der Waals surface area contributed by atoms with Crippen molar-refractivity contribution in [2.24, 2.45) is 0 Å². The number of benzene rings is 1. The van der Waals surface area contributed by atoms with E-state index in [0.29, 0.717) is 0 Å². The Hall–Kier alpha value is -2.07. The summed E-state index contributed by atoms with van der Waals surface area (Å²) in [6.07, 6.45) is 4.48. The molecule has 0 atom stereocenters. The molecule has 3 rings (SSSR count). The molecule has 1 aliphatic rings. The first-order chi connectivity index (χ1) is 10.3. The van der Waals surface area contributed by atoms with Gasteiger partial charge < -0.3 is 15.3 Å². The summed E-state index contributed by atoms with van der Waals surface area (Å²) >= 11 is 0. The average Bonchev–Trinajstić information content (AvgIpc) is 3.08. The molecule has 1 aromatic carbocycles. The maximum Gasteiger partial charge on any atom is 0.128 e. The third-order valence-corrected chi connectivity index (χ3v) is 3.85. The largest absolute Gasteiger partial charge is 0.392 e. The predicted octanol–water partition coefficient (Wildman–Crippen LogP) is 2.79. The third kappa shape index (κ3) is 3.52. The Morgan fingerprint density at radius 1 is 1.10 bits per heavy atom. The molecule has 2 heterocycles. The summed E-state index contributed by atoms with van der Waals surface area (Å²) in [7, 11) is 0. The molecule has 2 aromatic rings. The predicted molar refractivity (Wildman–Crippen MR) is 85.4 cm³/mol. The molecule has 0 spiro atoms. The van der Waals surface area contributed by atoms with Crippen molar-refractivity contribution in [3.63, 3.8) is 0 Å². The zero-order chi connectivity index (χ0) is 14.5. The normalized spacial score (nSPS) is 14.4. The SMILES string of the molecule is OCc1cccc(NCc2ccc(N3CCCC3)nc2)c1. The van der Waals surface area contributed by atoms with Gasteiger partial charge in [-0.05, 0) is 42.2 Å². The highest BCUT2D eigenvalue weighted by molar-refractivity contribution is 5.46. The molecule has 1 fully saturated rings. The summed E-state index contributed by atoms with van der Waals surface area (Å²) in [6.45, 7) is 3.06. The quantitative estimate of drug-likeness (QED) is 0.886. The fourth-order valence-corrected chi connectivity index (χ4v) is 2.64. The second-order valence-corrected chi connectivity index (χ2v) is 5.43. The molecule has 1 aromatic heterocycles. The lowest BCUT2D eigenvalue weighted by Gasteiger charge is -2.16. The first-order valence-corrected chi connectivity index (χ1v) is 7.49. The van der Waals surface area contributed by atoms with Crippen molar-refractivity contribution in [2.75, 3.05) is 23.3 Å². The summed E-state index contributed by atoms with van der Waals surface area (Å²) in [5, 5.41) is 12.5. The highest BCUT2D eigenvalue weighted by Crippen LogP contribution is 2.18. The second-order valence-electron chi connectivity index (χ2n) is 5.43. The van der Waals surface area contributed by atoms with Crippen LogP contribution in [-0.2, 0) is 13.2 Å². The number of nitrogens with one attached hydrogen (secondary N) is 1. The maximum atomic E-state index is 9.14. The van der Waals surface area contributed by atoms with E-state index >= 15 is 0 Å². The molecule has 1 saturated heterocycles. The van der Waals surface area contributed by atoms with Crippen LogP contribution in [0.15, 0.2) is 42.6 Å². The molecule has 0 unspecified atom stereocenters. The molecule has 0 radical (unpaired) electrons. The van der Waals surface area contributed by atoms with Gasteiger partial charge in [-0.2, -0.15) is 0 Å². The molecule has 21 heavy (non-hydrogen) atoms. The van der Waals surface area contributed by atoms with E-state index in [9.17, 15) is 0 Å². The lowest BCUT2D eigenvalue weighted by atomic mass is 10.2. The maximum absolute atomic E-state index is 9.14. The minimum atomic E-state index is 0.0710. The standard InChI is InChI=1S/C17H21N3O/c21-13-14-4-3-5-16(10-14)18-11-15-6-7-17(19-12-15)20-8-1-2-9-20/h3-7,10,12,18,21H,1-2,8-9,11,13H2. The highest BCUT2D eigenvalue weighted by Gasteiger charge is 2.12. The number of pyridine rings is 1. The van der Waals surface area contributed by atoms with Gasteiger partial charge in [0.1, 0.15) is 5.82 Å². The van der Waals surface area contributed by atoms with E-state index in [1.165, 1.54) is 12.8 Å².